The molecule has 3 aromatic rings. The van der Waals surface area contributed by atoms with Crippen molar-refractivity contribution in [3.8, 4) is 22.6 Å². The van der Waals surface area contributed by atoms with Gasteiger partial charge in [-0.3, -0.25) is 9.78 Å². The smallest absolute Gasteiger partial charge is 0.223 e. The molecule has 6 heteroatoms. The SMILES string of the molecule is Cc1ccc(-c2nc(CNC(=O)C3CCOCC3)[nH]c2-c2ccccn2)cc1. The van der Waals surface area contributed by atoms with Gasteiger partial charge in [-0.2, -0.15) is 0 Å². The van der Waals surface area contributed by atoms with Crippen LogP contribution >= 0.6 is 0 Å². The summed E-state index contributed by atoms with van der Waals surface area (Å²) in [6.45, 7) is 3.73. The summed E-state index contributed by atoms with van der Waals surface area (Å²) >= 11 is 0. The van der Waals surface area contributed by atoms with E-state index in [0.29, 0.717) is 19.8 Å². The number of nitrogens with one attached hydrogen (secondary N) is 2. The van der Waals surface area contributed by atoms with Gasteiger partial charge >= 0.3 is 0 Å². The number of H-pyrrole nitrogens is 1. The van der Waals surface area contributed by atoms with Gasteiger partial charge < -0.3 is 15.0 Å². The van der Waals surface area contributed by atoms with Gasteiger partial charge in [0.25, 0.3) is 0 Å². The van der Waals surface area contributed by atoms with E-state index >= 15 is 0 Å². The molecule has 2 N–H and O–H groups in total. The Balaban J connectivity index is 1.58. The zero-order valence-electron chi connectivity index (χ0n) is 15.9. The molecule has 0 spiro atoms. The maximum Gasteiger partial charge on any atom is 0.223 e. The van der Waals surface area contributed by atoms with Gasteiger partial charge in [0, 0.05) is 30.9 Å². The zero-order chi connectivity index (χ0) is 19.3. The Bertz CT molecular complexity index is 929. The molecule has 0 radical (unpaired) electrons. The molecule has 0 aliphatic carbocycles. The van der Waals surface area contributed by atoms with E-state index < -0.39 is 0 Å². The van der Waals surface area contributed by atoms with Crippen LogP contribution in [0.3, 0.4) is 0 Å². The van der Waals surface area contributed by atoms with Crippen molar-refractivity contribution >= 4 is 5.91 Å². The number of aromatic nitrogens is 3. The average Bonchev–Trinajstić information content (AvgIpc) is 3.18. The molecule has 1 amide bonds. The van der Waals surface area contributed by atoms with E-state index in [9.17, 15) is 4.79 Å². The molecule has 0 unspecified atom stereocenters. The van der Waals surface area contributed by atoms with Crippen LogP contribution in [0.25, 0.3) is 22.6 Å². The van der Waals surface area contributed by atoms with Gasteiger partial charge in [0.05, 0.1) is 23.6 Å². The van der Waals surface area contributed by atoms with Crippen molar-refractivity contribution in [2.75, 3.05) is 13.2 Å². The second-order valence-corrected chi connectivity index (χ2v) is 7.09. The lowest BCUT2D eigenvalue weighted by Crippen LogP contribution is -2.34. The quantitative estimate of drug-likeness (QED) is 0.714. The molecule has 0 bridgehead atoms. The maximum atomic E-state index is 12.4. The van der Waals surface area contributed by atoms with Crippen molar-refractivity contribution in [1.29, 1.82) is 0 Å². The summed E-state index contributed by atoms with van der Waals surface area (Å²) in [5.74, 6) is 0.808. The molecule has 1 fully saturated rings. The molecule has 28 heavy (non-hydrogen) atoms. The van der Waals surface area contributed by atoms with E-state index in [4.69, 9.17) is 9.72 Å². The molecule has 3 heterocycles. The van der Waals surface area contributed by atoms with E-state index in [1.54, 1.807) is 6.20 Å². The van der Waals surface area contributed by atoms with Crippen LogP contribution in [-0.2, 0) is 16.1 Å². The van der Waals surface area contributed by atoms with Crippen molar-refractivity contribution in [3.63, 3.8) is 0 Å². The van der Waals surface area contributed by atoms with Crippen molar-refractivity contribution < 1.29 is 9.53 Å². The molecule has 144 valence electrons. The highest BCUT2D eigenvalue weighted by molar-refractivity contribution is 5.79. The number of hydrogen-bond acceptors (Lipinski definition) is 4. The first-order chi connectivity index (χ1) is 13.7. The Morgan fingerprint density at radius 3 is 2.68 bits per heavy atom. The number of hydrogen-bond donors (Lipinski definition) is 2. The number of benzene rings is 1. The molecule has 6 nitrogen and oxygen atoms in total. The lowest BCUT2D eigenvalue weighted by atomic mass is 9.99. The number of rotatable bonds is 5. The van der Waals surface area contributed by atoms with E-state index in [-0.39, 0.29) is 11.8 Å². The first-order valence-corrected chi connectivity index (χ1v) is 9.63. The van der Waals surface area contributed by atoms with Crippen molar-refractivity contribution in [2.24, 2.45) is 5.92 Å². The number of aryl methyl sites for hydroxylation is 1. The van der Waals surface area contributed by atoms with Crippen LogP contribution in [0, 0.1) is 12.8 Å². The van der Waals surface area contributed by atoms with Gasteiger partial charge in [-0.1, -0.05) is 35.9 Å². The van der Waals surface area contributed by atoms with Gasteiger partial charge in [0.15, 0.2) is 0 Å². The standard InChI is InChI=1S/C22H24N4O2/c1-15-5-7-16(8-6-15)20-21(18-4-2-3-11-23-18)26-19(25-20)14-24-22(27)17-9-12-28-13-10-17/h2-8,11,17H,9-10,12-14H2,1H3,(H,24,27)(H,25,26). The molecule has 1 aliphatic rings. The van der Waals surface area contributed by atoms with Crippen LogP contribution < -0.4 is 5.32 Å². The number of carbonyl (C=O) groups excluding carboxylic acids is 1. The second-order valence-electron chi connectivity index (χ2n) is 7.09. The minimum atomic E-state index is 0.0236. The molecule has 2 aromatic heterocycles. The summed E-state index contributed by atoms with van der Waals surface area (Å²) < 4.78 is 5.33. The predicted molar refractivity (Wildman–Crippen MR) is 107 cm³/mol. The summed E-state index contributed by atoms with van der Waals surface area (Å²) in [5, 5.41) is 3.01. The Morgan fingerprint density at radius 2 is 1.96 bits per heavy atom. The molecule has 4 rings (SSSR count). The fourth-order valence-corrected chi connectivity index (χ4v) is 3.40. The topological polar surface area (TPSA) is 79.9 Å². The maximum absolute atomic E-state index is 12.4. The third kappa shape index (κ3) is 4.12. The van der Waals surface area contributed by atoms with Gasteiger partial charge in [-0.05, 0) is 31.9 Å². The Labute approximate surface area is 164 Å². The number of carbonyl (C=O) groups is 1. The molecule has 0 atom stereocenters. The van der Waals surface area contributed by atoms with Gasteiger partial charge in [-0.15, -0.1) is 0 Å². The summed E-state index contributed by atoms with van der Waals surface area (Å²) in [6.07, 6.45) is 3.32. The highest BCUT2D eigenvalue weighted by atomic mass is 16.5. The predicted octanol–water partition coefficient (Wildman–Crippen LogP) is 3.49. The van der Waals surface area contributed by atoms with Crippen LogP contribution in [-0.4, -0.2) is 34.1 Å². The van der Waals surface area contributed by atoms with Crippen LogP contribution in [0.1, 0.15) is 24.2 Å². The molecular formula is C22H24N4O2. The normalized spacial score (nSPS) is 14.8. The van der Waals surface area contributed by atoms with Crippen molar-refractivity contribution in [2.45, 2.75) is 26.3 Å². The number of amides is 1. The fraction of sp³-hybridized carbons (Fsp3) is 0.318. The number of ether oxygens (including phenoxy) is 1. The fourth-order valence-electron chi connectivity index (χ4n) is 3.40. The number of pyridine rings is 1. The highest BCUT2D eigenvalue weighted by Gasteiger charge is 2.22. The second kappa shape index (κ2) is 8.35. The van der Waals surface area contributed by atoms with E-state index in [1.807, 2.05) is 18.2 Å². The zero-order valence-corrected chi connectivity index (χ0v) is 15.9. The van der Waals surface area contributed by atoms with E-state index in [1.165, 1.54) is 5.56 Å². The summed E-state index contributed by atoms with van der Waals surface area (Å²) in [5.41, 5.74) is 4.74. The third-order valence-corrected chi connectivity index (χ3v) is 5.02. The molecule has 0 saturated carbocycles. The summed E-state index contributed by atoms with van der Waals surface area (Å²) in [6, 6.07) is 14.0. The van der Waals surface area contributed by atoms with E-state index in [0.717, 1.165) is 41.3 Å². The lowest BCUT2D eigenvalue weighted by Gasteiger charge is -2.20. The van der Waals surface area contributed by atoms with Gasteiger partial charge in [0.1, 0.15) is 5.82 Å². The largest absolute Gasteiger partial charge is 0.381 e. The molecular weight excluding hydrogens is 352 g/mol. The summed E-state index contributed by atoms with van der Waals surface area (Å²) in [7, 11) is 0. The minimum absolute atomic E-state index is 0.0236. The summed E-state index contributed by atoms with van der Waals surface area (Å²) in [4.78, 5) is 25.0. The van der Waals surface area contributed by atoms with Crippen molar-refractivity contribution in [3.05, 3.63) is 60.0 Å². The molecule has 1 saturated heterocycles. The first-order valence-electron chi connectivity index (χ1n) is 9.63. The number of nitrogens with zero attached hydrogens (tertiary/aromatic N) is 2. The monoisotopic (exact) mass is 376 g/mol. The van der Waals surface area contributed by atoms with Crippen LogP contribution in [0.4, 0.5) is 0 Å². The minimum Gasteiger partial charge on any atom is -0.381 e. The van der Waals surface area contributed by atoms with Crippen LogP contribution in [0.5, 0.6) is 0 Å². The Kier molecular flexibility index (Phi) is 5.48. The number of aromatic amines is 1. The van der Waals surface area contributed by atoms with Crippen LogP contribution in [0.2, 0.25) is 0 Å². The third-order valence-electron chi connectivity index (χ3n) is 5.02. The van der Waals surface area contributed by atoms with Crippen molar-refractivity contribution in [1.82, 2.24) is 20.3 Å². The lowest BCUT2D eigenvalue weighted by molar-refractivity contribution is -0.128. The van der Waals surface area contributed by atoms with Gasteiger partial charge in [0.2, 0.25) is 5.91 Å². The average molecular weight is 376 g/mol. The Hall–Kier alpha value is -2.99. The van der Waals surface area contributed by atoms with E-state index in [2.05, 4.69) is 46.5 Å². The highest BCUT2D eigenvalue weighted by Crippen LogP contribution is 2.29. The number of imidazole rings is 1. The first kappa shape index (κ1) is 18.4. The van der Waals surface area contributed by atoms with Gasteiger partial charge in [-0.25, -0.2) is 4.98 Å². The molecule has 1 aromatic carbocycles. The Morgan fingerprint density at radius 1 is 1.18 bits per heavy atom. The molecule has 1 aliphatic heterocycles. The van der Waals surface area contributed by atoms with Crippen LogP contribution in [0.15, 0.2) is 48.7 Å².